The molecule has 3 rings (SSSR count). The highest BCUT2D eigenvalue weighted by atomic mass is 35.5. The van der Waals surface area contributed by atoms with Gasteiger partial charge in [0.05, 0.1) is 19.8 Å². The number of ether oxygens (including phenoxy) is 2. The Morgan fingerprint density at radius 1 is 1.02 bits per heavy atom. The van der Waals surface area contributed by atoms with Gasteiger partial charge in [0.15, 0.2) is 12.1 Å². The van der Waals surface area contributed by atoms with E-state index < -0.39 is 0 Å². The third-order valence-electron chi connectivity index (χ3n) is 7.26. The van der Waals surface area contributed by atoms with Crippen molar-refractivity contribution in [2.24, 2.45) is 10.9 Å². The number of hydrogen-bond acceptors (Lipinski definition) is 7. The van der Waals surface area contributed by atoms with Gasteiger partial charge >= 0.3 is 0 Å². The molecule has 0 aromatic heterocycles. The highest BCUT2D eigenvalue weighted by Gasteiger charge is 2.38. The second kappa shape index (κ2) is 17.1. The summed E-state index contributed by atoms with van der Waals surface area (Å²) in [5.41, 5.74) is 2.15. The molecule has 9 nitrogen and oxygen atoms in total. The maximum atomic E-state index is 13.2. The van der Waals surface area contributed by atoms with Gasteiger partial charge in [-0.15, -0.1) is 11.6 Å². The zero-order valence-corrected chi connectivity index (χ0v) is 24.5. The van der Waals surface area contributed by atoms with Gasteiger partial charge in [0.2, 0.25) is 5.91 Å². The summed E-state index contributed by atoms with van der Waals surface area (Å²) in [6.45, 7) is 2.68. The first-order valence-corrected chi connectivity index (χ1v) is 14.8. The number of amides is 2. The van der Waals surface area contributed by atoms with Crippen LogP contribution in [0.2, 0.25) is 0 Å². The SMILES string of the molecule is CN(C)c1ccc(/C=C2\N=C(C=O)N(C3CCC(C(=O)NCCOCCOCCCCCCCl)CC3)C2=O)cc1. The fourth-order valence-electron chi connectivity index (χ4n) is 4.97. The van der Waals surface area contributed by atoms with Crippen molar-refractivity contribution in [2.45, 2.75) is 57.4 Å². The van der Waals surface area contributed by atoms with Gasteiger partial charge in [-0.2, -0.15) is 0 Å². The van der Waals surface area contributed by atoms with E-state index in [9.17, 15) is 14.4 Å². The lowest BCUT2D eigenvalue weighted by Gasteiger charge is -2.33. The largest absolute Gasteiger partial charge is 0.379 e. The van der Waals surface area contributed by atoms with Gasteiger partial charge in [-0.1, -0.05) is 25.0 Å². The van der Waals surface area contributed by atoms with Crippen LogP contribution in [0.3, 0.4) is 0 Å². The fraction of sp³-hybridized carbons (Fsp3) is 0.600. The summed E-state index contributed by atoms with van der Waals surface area (Å²) in [5.74, 6) is 0.490. The molecule has 1 heterocycles. The maximum Gasteiger partial charge on any atom is 0.278 e. The van der Waals surface area contributed by atoms with Crippen LogP contribution in [-0.4, -0.2) is 87.8 Å². The molecule has 1 aliphatic carbocycles. The number of carbonyl (C=O) groups is 3. The summed E-state index contributed by atoms with van der Waals surface area (Å²) in [4.78, 5) is 45.4. The van der Waals surface area contributed by atoms with Crippen LogP contribution in [0.5, 0.6) is 0 Å². The molecule has 220 valence electrons. The average Bonchev–Trinajstić information content (AvgIpc) is 3.28. The van der Waals surface area contributed by atoms with Crippen LogP contribution in [0.15, 0.2) is 35.0 Å². The molecule has 0 atom stereocenters. The number of aldehydes is 1. The van der Waals surface area contributed by atoms with Crippen LogP contribution in [0.25, 0.3) is 6.08 Å². The zero-order chi connectivity index (χ0) is 28.7. The Hall–Kier alpha value is -2.75. The molecular weight excluding hydrogens is 532 g/mol. The van der Waals surface area contributed by atoms with Crippen LogP contribution in [0.4, 0.5) is 5.69 Å². The quantitative estimate of drug-likeness (QED) is 0.130. The lowest BCUT2D eigenvalue weighted by molar-refractivity contribution is -0.127. The van der Waals surface area contributed by atoms with Crippen LogP contribution in [-0.2, 0) is 23.9 Å². The summed E-state index contributed by atoms with van der Waals surface area (Å²) in [6, 6.07) is 7.63. The minimum atomic E-state index is -0.265. The van der Waals surface area contributed by atoms with Crippen molar-refractivity contribution in [2.75, 3.05) is 57.8 Å². The second-order valence-corrected chi connectivity index (χ2v) is 10.8. The van der Waals surface area contributed by atoms with Gasteiger partial charge in [0, 0.05) is 50.8 Å². The van der Waals surface area contributed by atoms with E-state index in [1.807, 2.05) is 43.3 Å². The van der Waals surface area contributed by atoms with Crippen molar-refractivity contribution in [3.63, 3.8) is 0 Å². The van der Waals surface area contributed by atoms with Crippen molar-refractivity contribution >= 4 is 47.3 Å². The van der Waals surface area contributed by atoms with Crippen molar-refractivity contribution < 1.29 is 23.9 Å². The molecule has 0 radical (unpaired) electrons. The van der Waals surface area contributed by atoms with Gasteiger partial charge in [0.1, 0.15) is 5.70 Å². The van der Waals surface area contributed by atoms with Gasteiger partial charge in [-0.3, -0.25) is 19.3 Å². The number of amidine groups is 1. The first-order valence-electron chi connectivity index (χ1n) is 14.3. The van der Waals surface area contributed by atoms with Crippen molar-refractivity contribution in [1.82, 2.24) is 10.2 Å². The summed E-state index contributed by atoms with van der Waals surface area (Å²) in [5, 5.41) is 2.95. The van der Waals surface area contributed by atoms with Crippen LogP contribution < -0.4 is 10.2 Å². The number of aliphatic imine (C=N–C) groups is 1. The minimum absolute atomic E-state index is 0.00836. The third-order valence-corrected chi connectivity index (χ3v) is 7.53. The lowest BCUT2D eigenvalue weighted by Crippen LogP contribution is -2.45. The Morgan fingerprint density at radius 2 is 1.70 bits per heavy atom. The molecule has 0 unspecified atom stereocenters. The molecule has 10 heteroatoms. The normalized spacial score (nSPS) is 20.1. The number of nitrogens with one attached hydrogen (secondary N) is 1. The zero-order valence-electron chi connectivity index (χ0n) is 23.8. The number of anilines is 1. The maximum absolute atomic E-state index is 13.2. The van der Waals surface area contributed by atoms with E-state index >= 15 is 0 Å². The van der Waals surface area contributed by atoms with Gasteiger partial charge in [-0.25, -0.2) is 4.99 Å². The highest BCUT2D eigenvalue weighted by molar-refractivity contribution is 6.35. The Kier molecular flexibility index (Phi) is 13.6. The van der Waals surface area contributed by atoms with Gasteiger partial charge in [-0.05, 0) is 62.3 Å². The van der Waals surface area contributed by atoms with Crippen LogP contribution in [0.1, 0.15) is 56.9 Å². The first-order chi connectivity index (χ1) is 19.4. The standard InChI is InChI=1S/C30H43ClN4O5/c1-34(2)25-11-7-23(8-12-25)21-27-30(38)35(28(22-36)33-27)26-13-9-24(10-14-26)29(37)32-16-18-40-20-19-39-17-6-4-3-5-15-31/h7-8,11-12,21-22,24,26H,3-6,9-10,13-20H2,1-2H3,(H,32,37)/b27-21-. The Labute approximate surface area is 242 Å². The van der Waals surface area contributed by atoms with E-state index in [0.717, 1.165) is 49.4 Å². The number of unbranched alkanes of at least 4 members (excludes halogenated alkanes) is 3. The number of nitrogens with zero attached hydrogens (tertiary/aromatic N) is 3. The summed E-state index contributed by atoms with van der Waals surface area (Å²) < 4.78 is 11.1. The molecule has 0 spiro atoms. The molecule has 1 aromatic rings. The second-order valence-electron chi connectivity index (χ2n) is 10.4. The third kappa shape index (κ3) is 9.71. The summed E-state index contributed by atoms with van der Waals surface area (Å²) >= 11 is 5.66. The predicted molar refractivity (Wildman–Crippen MR) is 159 cm³/mol. The molecule has 40 heavy (non-hydrogen) atoms. The van der Waals surface area contributed by atoms with Crippen LogP contribution in [0, 0.1) is 5.92 Å². The topological polar surface area (TPSA) is 101 Å². The van der Waals surface area contributed by atoms with Crippen molar-refractivity contribution in [3.05, 3.63) is 35.5 Å². The predicted octanol–water partition coefficient (Wildman–Crippen LogP) is 4.04. The van der Waals surface area contributed by atoms with Crippen LogP contribution >= 0.6 is 11.6 Å². The monoisotopic (exact) mass is 574 g/mol. The number of carbonyl (C=O) groups excluding carboxylic acids is 3. The van der Waals surface area contributed by atoms with E-state index in [0.29, 0.717) is 58.3 Å². The molecule has 2 amide bonds. The van der Waals surface area contributed by atoms with Gasteiger partial charge in [0.25, 0.3) is 5.91 Å². The van der Waals surface area contributed by atoms with Gasteiger partial charge < -0.3 is 19.7 Å². The number of rotatable bonds is 17. The number of halogens is 1. The number of benzene rings is 1. The van der Waals surface area contributed by atoms with E-state index in [1.54, 1.807) is 6.08 Å². The molecule has 1 aromatic carbocycles. The fourth-order valence-corrected chi connectivity index (χ4v) is 5.16. The molecule has 1 N–H and O–H groups in total. The molecule has 0 saturated heterocycles. The van der Waals surface area contributed by atoms with E-state index in [1.165, 1.54) is 4.90 Å². The number of hydrogen-bond donors (Lipinski definition) is 1. The summed E-state index contributed by atoms with van der Waals surface area (Å²) in [7, 11) is 3.93. The molecule has 2 aliphatic rings. The molecule has 1 fully saturated rings. The smallest absolute Gasteiger partial charge is 0.278 e. The Morgan fingerprint density at radius 3 is 2.35 bits per heavy atom. The van der Waals surface area contributed by atoms with E-state index in [4.69, 9.17) is 21.1 Å². The highest BCUT2D eigenvalue weighted by Crippen LogP contribution is 2.31. The Balaban J connectivity index is 1.35. The van der Waals surface area contributed by atoms with Crippen molar-refractivity contribution in [1.29, 1.82) is 0 Å². The summed E-state index contributed by atoms with van der Waals surface area (Å²) in [6.07, 6.45) is 9.29. The first kappa shape index (κ1) is 31.8. The number of alkyl halides is 1. The van der Waals surface area contributed by atoms with E-state index in [2.05, 4.69) is 10.3 Å². The molecule has 0 bridgehead atoms. The van der Waals surface area contributed by atoms with E-state index in [-0.39, 0.29) is 35.3 Å². The Bertz CT molecular complexity index is 1020. The molecular formula is C30H43ClN4O5. The molecule has 1 aliphatic heterocycles. The average molecular weight is 575 g/mol. The minimum Gasteiger partial charge on any atom is -0.379 e. The molecule has 1 saturated carbocycles. The lowest BCUT2D eigenvalue weighted by atomic mass is 9.84. The van der Waals surface area contributed by atoms with Crippen molar-refractivity contribution in [3.8, 4) is 0 Å².